The van der Waals surface area contributed by atoms with Crippen LogP contribution in [0.2, 0.25) is 0 Å². The minimum Gasteiger partial charge on any atom is -0.353 e. The molecule has 0 N–H and O–H groups in total. The first kappa shape index (κ1) is 11.9. The van der Waals surface area contributed by atoms with Crippen molar-refractivity contribution in [2.45, 2.75) is 38.1 Å². The maximum Gasteiger partial charge on any atom is 0.132 e. The minimum absolute atomic E-state index is 0.599. The highest BCUT2D eigenvalue weighted by molar-refractivity contribution is 9.08. The first-order valence-electron chi connectivity index (χ1n) is 6.00. The van der Waals surface area contributed by atoms with Gasteiger partial charge in [0.2, 0.25) is 0 Å². The SMILES string of the molecule is CC1CCCN(c2ncccc2CBr)C1C. The van der Waals surface area contributed by atoms with E-state index in [2.05, 4.69) is 45.7 Å². The van der Waals surface area contributed by atoms with Crippen molar-refractivity contribution in [3.8, 4) is 0 Å². The number of nitrogens with zero attached hydrogens (tertiary/aromatic N) is 2. The van der Waals surface area contributed by atoms with Crippen molar-refractivity contribution in [1.29, 1.82) is 0 Å². The number of halogens is 1. The maximum absolute atomic E-state index is 4.55. The van der Waals surface area contributed by atoms with Gasteiger partial charge in [0, 0.05) is 29.7 Å². The molecule has 2 atom stereocenters. The molecule has 0 radical (unpaired) electrons. The molecule has 0 saturated carbocycles. The fourth-order valence-corrected chi connectivity index (χ4v) is 2.87. The molecule has 2 nitrogen and oxygen atoms in total. The molecule has 1 aromatic heterocycles. The lowest BCUT2D eigenvalue weighted by Crippen LogP contribution is -2.43. The first-order chi connectivity index (χ1) is 7.74. The zero-order chi connectivity index (χ0) is 11.5. The third-order valence-corrected chi connectivity index (χ3v) is 4.26. The number of hydrogen-bond acceptors (Lipinski definition) is 2. The third-order valence-electron chi connectivity index (χ3n) is 3.66. The first-order valence-corrected chi connectivity index (χ1v) is 7.12. The fourth-order valence-electron chi connectivity index (χ4n) is 2.43. The molecule has 2 rings (SSSR count). The van der Waals surface area contributed by atoms with E-state index in [4.69, 9.17) is 0 Å². The molecule has 0 aromatic carbocycles. The highest BCUT2D eigenvalue weighted by atomic mass is 79.9. The van der Waals surface area contributed by atoms with Crippen molar-refractivity contribution in [3.05, 3.63) is 23.9 Å². The van der Waals surface area contributed by atoms with Gasteiger partial charge in [0.05, 0.1) is 0 Å². The average molecular weight is 283 g/mol. The van der Waals surface area contributed by atoms with Gasteiger partial charge in [0.15, 0.2) is 0 Å². The van der Waals surface area contributed by atoms with Crippen molar-refractivity contribution < 1.29 is 0 Å². The van der Waals surface area contributed by atoms with Gasteiger partial charge >= 0.3 is 0 Å². The Morgan fingerprint density at radius 3 is 3.06 bits per heavy atom. The molecule has 1 saturated heterocycles. The second-order valence-corrected chi connectivity index (χ2v) is 5.23. The molecule has 88 valence electrons. The van der Waals surface area contributed by atoms with E-state index in [0.717, 1.165) is 17.8 Å². The number of aromatic nitrogens is 1. The van der Waals surface area contributed by atoms with Crippen molar-refractivity contribution in [3.63, 3.8) is 0 Å². The summed E-state index contributed by atoms with van der Waals surface area (Å²) in [6, 6.07) is 4.77. The molecule has 16 heavy (non-hydrogen) atoms. The molecule has 2 heterocycles. The molecule has 1 aliphatic heterocycles. The van der Waals surface area contributed by atoms with Crippen LogP contribution in [0.3, 0.4) is 0 Å². The quantitative estimate of drug-likeness (QED) is 0.771. The van der Waals surface area contributed by atoms with Gasteiger partial charge in [0.25, 0.3) is 0 Å². The van der Waals surface area contributed by atoms with Crippen LogP contribution in [-0.4, -0.2) is 17.6 Å². The minimum atomic E-state index is 0.599. The number of piperidine rings is 1. The van der Waals surface area contributed by atoms with Crippen LogP contribution in [0, 0.1) is 5.92 Å². The average Bonchev–Trinajstić information content (AvgIpc) is 2.33. The van der Waals surface area contributed by atoms with Crippen LogP contribution >= 0.6 is 15.9 Å². The highest BCUT2D eigenvalue weighted by Crippen LogP contribution is 2.29. The predicted molar refractivity (Wildman–Crippen MR) is 72.1 cm³/mol. The standard InChI is InChI=1S/C13H19BrN2/c1-10-5-4-8-16(11(10)2)13-12(9-14)6-3-7-15-13/h3,6-7,10-11H,4-5,8-9H2,1-2H3. The largest absolute Gasteiger partial charge is 0.353 e. The van der Waals surface area contributed by atoms with Gasteiger partial charge in [-0.05, 0) is 31.7 Å². The van der Waals surface area contributed by atoms with Gasteiger partial charge in [-0.25, -0.2) is 4.98 Å². The number of pyridine rings is 1. The molecule has 1 aromatic rings. The number of hydrogen-bond donors (Lipinski definition) is 0. The fraction of sp³-hybridized carbons (Fsp3) is 0.615. The van der Waals surface area contributed by atoms with E-state index in [1.54, 1.807) is 0 Å². The van der Waals surface area contributed by atoms with E-state index in [1.807, 2.05) is 12.3 Å². The predicted octanol–water partition coefficient (Wildman–Crippen LogP) is 3.60. The third kappa shape index (κ3) is 2.24. The smallest absolute Gasteiger partial charge is 0.132 e. The summed E-state index contributed by atoms with van der Waals surface area (Å²) >= 11 is 3.54. The van der Waals surface area contributed by atoms with Gasteiger partial charge < -0.3 is 4.90 Å². The molecule has 0 amide bonds. The van der Waals surface area contributed by atoms with E-state index < -0.39 is 0 Å². The van der Waals surface area contributed by atoms with E-state index in [-0.39, 0.29) is 0 Å². The molecule has 3 heteroatoms. The molecule has 1 aliphatic rings. The molecular weight excluding hydrogens is 264 g/mol. The van der Waals surface area contributed by atoms with E-state index >= 15 is 0 Å². The Kier molecular flexibility index (Phi) is 3.85. The molecule has 0 bridgehead atoms. The monoisotopic (exact) mass is 282 g/mol. The topological polar surface area (TPSA) is 16.1 Å². The molecule has 0 spiro atoms. The van der Waals surface area contributed by atoms with Crippen molar-refractivity contribution in [2.24, 2.45) is 5.92 Å². The Labute approximate surface area is 106 Å². The normalized spacial score (nSPS) is 25.8. The van der Waals surface area contributed by atoms with E-state index in [0.29, 0.717) is 6.04 Å². The number of alkyl halides is 1. The summed E-state index contributed by atoms with van der Waals surface area (Å²) in [5.74, 6) is 1.93. The van der Waals surface area contributed by atoms with Gasteiger partial charge in [0.1, 0.15) is 5.82 Å². The van der Waals surface area contributed by atoms with Crippen LogP contribution in [-0.2, 0) is 5.33 Å². The van der Waals surface area contributed by atoms with Crippen molar-refractivity contribution in [2.75, 3.05) is 11.4 Å². The summed E-state index contributed by atoms with van der Waals surface area (Å²) in [6.45, 7) is 5.80. The number of rotatable bonds is 2. The Bertz CT molecular complexity index is 354. The summed E-state index contributed by atoms with van der Waals surface area (Å²) in [4.78, 5) is 7.02. The van der Waals surface area contributed by atoms with Gasteiger partial charge in [-0.1, -0.05) is 28.9 Å². The Hall–Kier alpha value is -0.570. The Balaban J connectivity index is 2.28. The van der Waals surface area contributed by atoms with Crippen LogP contribution in [0.25, 0.3) is 0 Å². The van der Waals surface area contributed by atoms with E-state index in [1.165, 1.54) is 24.2 Å². The Morgan fingerprint density at radius 1 is 1.50 bits per heavy atom. The van der Waals surface area contributed by atoms with Crippen molar-refractivity contribution in [1.82, 2.24) is 4.98 Å². The lowest BCUT2D eigenvalue weighted by molar-refractivity contribution is 0.361. The van der Waals surface area contributed by atoms with Gasteiger partial charge in [-0.2, -0.15) is 0 Å². The van der Waals surface area contributed by atoms with Crippen LogP contribution in [0.15, 0.2) is 18.3 Å². The van der Waals surface area contributed by atoms with Crippen LogP contribution < -0.4 is 4.90 Å². The lowest BCUT2D eigenvalue weighted by Gasteiger charge is -2.39. The van der Waals surface area contributed by atoms with Crippen LogP contribution in [0.4, 0.5) is 5.82 Å². The molecule has 2 unspecified atom stereocenters. The van der Waals surface area contributed by atoms with Gasteiger partial charge in [-0.15, -0.1) is 0 Å². The lowest BCUT2D eigenvalue weighted by atomic mass is 9.92. The number of anilines is 1. The van der Waals surface area contributed by atoms with E-state index in [9.17, 15) is 0 Å². The molecule has 1 fully saturated rings. The van der Waals surface area contributed by atoms with Crippen LogP contribution in [0.1, 0.15) is 32.3 Å². The van der Waals surface area contributed by atoms with Crippen molar-refractivity contribution >= 4 is 21.7 Å². The molecular formula is C13H19BrN2. The summed E-state index contributed by atoms with van der Waals surface area (Å²) < 4.78 is 0. The zero-order valence-electron chi connectivity index (χ0n) is 9.99. The summed E-state index contributed by atoms with van der Waals surface area (Å²) in [6.07, 6.45) is 4.52. The zero-order valence-corrected chi connectivity index (χ0v) is 11.6. The molecule has 0 aliphatic carbocycles. The summed E-state index contributed by atoms with van der Waals surface area (Å²) in [5.41, 5.74) is 1.29. The maximum atomic E-state index is 4.55. The summed E-state index contributed by atoms with van der Waals surface area (Å²) in [5, 5.41) is 0.883. The van der Waals surface area contributed by atoms with Crippen LogP contribution in [0.5, 0.6) is 0 Å². The van der Waals surface area contributed by atoms with Gasteiger partial charge in [-0.3, -0.25) is 0 Å². The second kappa shape index (κ2) is 5.17. The Morgan fingerprint density at radius 2 is 2.31 bits per heavy atom. The summed E-state index contributed by atoms with van der Waals surface area (Å²) in [7, 11) is 0. The highest BCUT2D eigenvalue weighted by Gasteiger charge is 2.26. The second-order valence-electron chi connectivity index (χ2n) is 4.67.